The van der Waals surface area contributed by atoms with Crippen molar-refractivity contribution in [3.05, 3.63) is 34.9 Å². The molecule has 0 bridgehead atoms. The monoisotopic (exact) mass is 257 g/mol. The minimum Gasteiger partial charge on any atom is -0.312 e. The van der Waals surface area contributed by atoms with Gasteiger partial charge in [0.05, 0.1) is 6.42 Å². The van der Waals surface area contributed by atoms with Crippen LogP contribution in [0.4, 0.5) is 13.2 Å². The second kappa shape index (κ2) is 5.10. The van der Waals surface area contributed by atoms with E-state index in [1.165, 1.54) is 0 Å². The van der Waals surface area contributed by atoms with Gasteiger partial charge in [0.1, 0.15) is 0 Å². The number of Topliss-reactive ketones (excluding diaryl/α,β-unsaturated/α-hetero) is 1. The normalized spacial score (nSPS) is 15.3. The van der Waals surface area contributed by atoms with Gasteiger partial charge in [0.15, 0.2) is 5.78 Å². The van der Waals surface area contributed by atoms with Gasteiger partial charge in [-0.1, -0.05) is 18.2 Å². The third-order valence-electron chi connectivity index (χ3n) is 3.08. The average Bonchev–Trinajstić information content (AvgIpc) is 2.34. The van der Waals surface area contributed by atoms with E-state index >= 15 is 0 Å². The molecule has 0 unspecified atom stereocenters. The zero-order chi connectivity index (χ0) is 13.2. The summed E-state index contributed by atoms with van der Waals surface area (Å²) in [4.78, 5) is 11.8. The highest BCUT2D eigenvalue weighted by molar-refractivity contribution is 5.97. The van der Waals surface area contributed by atoms with Crippen LogP contribution in [0.5, 0.6) is 0 Å². The summed E-state index contributed by atoms with van der Waals surface area (Å²) < 4.78 is 36.3. The highest BCUT2D eigenvalue weighted by Gasteiger charge is 2.28. The van der Waals surface area contributed by atoms with Crippen LogP contribution in [-0.4, -0.2) is 18.5 Å². The molecular formula is C13H14F3NO. The molecule has 0 saturated heterocycles. The standard InChI is InChI=1S/C13H14F3NO/c14-13(15,16)6-4-12(18)11-3-1-2-9-8-17-7-5-10(9)11/h1-3,17H,4-8H2. The van der Waals surface area contributed by atoms with E-state index in [0.717, 1.165) is 17.7 Å². The van der Waals surface area contributed by atoms with E-state index in [1.807, 2.05) is 6.07 Å². The number of halogens is 3. The van der Waals surface area contributed by atoms with E-state index in [1.54, 1.807) is 12.1 Å². The molecule has 0 spiro atoms. The zero-order valence-corrected chi connectivity index (χ0v) is 9.81. The fourth-order valence-electron chi connectivity index (χ4n) is 2.18. The molecule has 98 valence electrons. The largest absolute Gasteiger partial charge is 0.389 e. The van der Waals surface area contributed by atoms with Crippen LogP contribution >= 0.6 is 0 Å². The Morgan fingerprint density at radius 3 is 2.83 bits per heavy atom. The Balaban J connectivity index is 2.15. The van der Waals surface area contributed by atoms with Crippen LogP contribution < -0.4 is 5.32 Å². The molecule has 1 aliphatic rings. The third kappa shape index (κ3) is 3.10. The average molecular weight is 257 g/mol. The molecule has 18 heavy (non-hydrogen) atoms. The second-order valence-corrected chi connectivity index (χ2v) is 4.41. The van der Waals surface area contributed by atoms with E-state index in [9.17, 15) is 18.0 Å². The molecule has 2 nitrogen and oxygen atoms in total. The van der Waals surface area contributed by atoms with Gasteiger partial charge >= 0.3 is 6.18 Å². The van der Waals surface area contributed by atoms with E-state index in [4.69, 9.17) is 0 Å². The summed E-state index contributed by atoms with van der Waals surface area (Å²) in [5.41, 5.74) is 2.38. The summed E-state index contributed by atoms with van der Waals surface area (Å²) in [5, 5.41) is 3.17. The number of rotatable bonds is 3. The van der Waals surface area contributed by atoms with Crippen LogP contribution in [0.1, 0.15) is 34.3 Å². The molecular weight excluding hydrogens is 243 g/mol. The van der Waals surface area contributed by atoms with E-state index in [0.29, 0.717) is 18.5 Å². The lowest BCUT2D eigenvalue weighted by molar-refractivity contribution is -0.133. The van der Waals surface area contributed by atoms with Gasteiger partial charge in [-0.3, -0.25) is 4.79 Å². The minimum atomic E-state index is -4.27. The first-order chi connectivity index (χ1) is 8.47. The van der Waals surface area contributed by atoms with Gasteiger partial charge in [-0.15, -0.1) is 0 Å². The first-order valence-corrected chi connectivity index (χ1v) is 5.89. The van der Waals surface area contributed by atoms with Gasteiger partial charge in [0.25, 0.3) is 0 Å². The van der Waals surface area contributed by atoms with Crippen LogP contribution in [0.25, 0.3) is 0 Å². The first kappa shape index (κ1) is 13.1. The molecule has 0 amide bonds. The fourth-order valence-corrected chi connectivity index (χ4v) is 2.18. The number of hydrogen-bond donors (Lipinski definition) is 1. The van der Waals surface area contributed by atoms with Crippen LogP contribution in [-0.2, 0) is 13.0 Å². The Morgan fingerprint density at radius 2 is 2.11 bits per heavy atom. The number of alkyl halides is 3. The summed E-state index contributed by atoms with van der Waals surface area (Å²) in [7, 11) is 0. The number of nitrogens with one attached hydrogen (secondary N) is 1. The lowest BCUT2D eigenvalue weighted by Gasteiger charge is -2.19. The molecule has 1 N–H and O–H groups in total. The van der Waals surface area contributed by atoms with Gasteiger partial charge in [0.2, 0.25) is 0 Å². The highest BCUT2D eigenvalue weighted by Crippen LogP contribution is 2.25. The number of carbonyl (C=O) groups is 1. The van der Waals surface area contributed by atoms with E-state index in [-0.39, 0.29) is 0 Å². The number of fused-ring (bicyclic) bond motifs is 1. The minimum absolute atomic E-state index is 0.411. The maximum atomic E-state index is 12.1. The molecule has 1 aromatic rings. The second-order valence-electron chi connectivity index (χ2n) is 4.41. The van der Waals surface area contributed by atoms with Crippen LogP contribution in [0, 0.1) is 0 Å². The number of carbonyl (C=O) groups excluding carboxylic acids is 1. The SMILES string of the molecule is O=C(CCC(F)(F)F)c1cccc2c1CCNC2. The topological polar surface area (TPSA) is 29.1 Å². The Labute approximate surface area is 103 Å². The predicted octanol–water partition coefficient (Wildman–Crippen LogP) is 2.86. The molecule has 2 rings (SSSR count). The summed E-state index contributed by atoms with van der Waals surface area (Å²) in [6, 6.07) is 5.26. The quantitative estimate of drug-likeness (QED) is 0.844. The first-order valence-electron chi connectivity index (χ1n) is 5.89. The third-order valence-corrected chi connectivity index (χ3v) is 3.08. The maximum Gasteiger partial charge on any atom is 0.389 e. The summed E-state index contributed by atoms with van der Waals surface area (Å²) in [6.45, 7) is 1.44. The van der Waals surface area contributed by atoms with Crippen molar-refractivity contribution in [3.63, 3.8) is 0 Å². The molecule has 0 radical (unpaired) electrons. The van der Waals surface area contributed by atoms with Crippen molar-refractivity contribution in [1.29, 1.82) is 0 Å². The van der Waals surface area contributed by atoms with E-state index < -0.39 is 24.8 Å². The van der Waals surface area contributed by atoms with E-state index in [2.05, 4.69) is 5.32 Å². The summed E-state index contributed by atoms with van der Waals surface area (Å²) in [6.07, 6.45) is -5.09. The van der Waals surface area contributed by atoms with Crippen molar-refractivity contribution in [2.75, 3.05) is 6.54 Å². The Hall–Kier alpha value is -1.36. The van der Waals surface area contributed by atoms with Crippen molar-refractivity contribution >= 4 is 5.78 Å². The Bertz CT molecular complexity index is 454. The molecule has 1 aromatic carbocycles. The molecule has 0 atom stereocenters. The van der Waals surface area contributed by atoms with Crippen molar-refractivity contribution in [2.45, 2.75) is 32.0 Å². The summed E-state index contributed by atoms with van der Waals surface area (Å²) in [5.74, 6) is -0.411. The predicted molar refractivity (Wildman–Crippen MR) is 61.5 cm³/mol. The number of benzene rings is 1. The van der Waals surface area contributed by atoms with Crippen LogP contribution in [0.15, 0.2) is 18.2 Å². The molecule has 1 aliphatic heterocycles. The lowest BCUT2D eigenvalue weighted by atomic mass is 9.92. The van der Waals surface area contributed by atoms with Gasteiger partial charge in [0, 0.05) is 18.5 Å². The van der Waals surface area contributed by atoms with Crippen molar-refractivity contribution in [2.24, 2.45) is 0 Å². The Morgan fingerprint density at radius 1 is 1.33 bits per heavy atom. The van der Waals surface area contributed by atoms with Crippen LogP contribution in [0.3, 0.4) is 0 Å². The molecule has 5 heteroatoms. The molecule has 0 saturated carbocycles. The van der Waals surface area contributed by atoms with Gasteiger partial charge in [-0.2, -0.15) is 13.2 Å². The van der Waals surface area contributed by atoms with Gasteiger partial charge in [-0.05, 0) is 24.1 Å². The zero-order valence-electron chi connectivity index (χ0n) is 9.81. The fraction of sp³-hybridized carbons (Fsp3) is 0.462. The number of ketones is 1. The van der Waals surface area contributed by atoms with Crippen molar-refractivity contribution in [3.8, 4) is 0 Å². The lowest BCUT2D eigenvalue weighted by Crippen LogP contribution is -2.25. The Kier molecular flexibility index (Phi) is 3.71. The molecule has 0 fully saturated rings. The molecule has 0 aromatic heterocycles. The van der Waals surface area contributed by atoms with Crippen LogP contribution in [0.2, 0.25) is 0 Å². The maximum absolute atomic E-state index is 12.1. The van der Waals surface area contributed by atoms with Gasteiger partial charge in [-0.25, -0.2) is 0 Å². The van der Waals surface area contributed by atoms with Gasteiger partial charge < -0.3 is 5.32 Å². The highest BCUT2D eigenvalue weighted by atomic mass is 19.4. The summed E-state index contributed by atoms with van der Waals surface area (Å²) >= 11 is 0. The molecule has 1 heterocycles. The number of hydrogen-bond acceptors (Lipinski definition) is 2. The smallest absolute Gasteiger partial charge is 0.312 e. The van der Waals surface area contributed by atoms with Crippen molar-refractivity contribution < 1.29 is 18.0 Å². The molecule has 0 aliphatic carbocycles. The van der Waals surface area contributed by atoms with Crippen molar-refractivity contribution in [1.82, 2.24) is 5.32 Å².